The average molecular weight is 353 g/mol. The van der Waals surface area contributed by atoms with Crippen LogP contribution in [0.3, 0.4) is 0 Å². The highest BCUT2D eigenvalue weighted by atomic mass is 79.9. The third-order valence-electron chi connectivity index (χ3n) is 2.93. The van der Waals surface area contributed by atoms with Gasteiger partial charge in [-0.25, -0.2) is 0 Å². The number of nitrogens with one attached hydrogen (secondary N) is 1. The molecule has 0 spiro atoms. The van der Waals surface area contributed by atoms with E-state index in [9.17, 15) is 15.2 Å². The maximum absolute atomic E-state index is 11.0. The number of halogens is 1. The second-order valence-corrected chi connectivity index (χ2v) is 5.16. The molecule has 2 aromatic carbocycles. The van der Waals surface area contributed by atoms with E-state index in [2.05, 4.69) is 21.2 Å². The molecule has 0 amide bonds. The zero-order chi connectivity index (χ0) is 15.4. The van der Waals surface area contributed by atoms with Crippen LogP contribution in [0.25, 0.3) is 0 Å². The summed E-state index contributed by atoms with van der Waals surface area (Å²) in [5.74, 6) is 0.381. The van der Waals surface area contributed by atoms with Gasteiger partial charge >= 0.3 is 0 Å². The third-order valence-corrected chi connectivity index (χ3v) is 3.42. The molecule has 0 bridgehead atoms. The Morgan fingerprint density at radius 1 is 1.38 bits per heavy atom. The van der Waals surface area contributed by atoms with E-state index >= 15 is 0 Å². The number of aromatic hydroxyl groups is 1. The third kappa shape index (κ3) is 3.43. The molecule has 2 rings (SSSR count). The van der Waals surface area contributed by atoms with E-state index in [-0.39, 0.29) is 18.0 Å². The number of anilines is 1. The van der Waals surface area contributed by atoms with Crippen LogP contribution in [-0.4, -0.2) is 17.1 Å². The number of ether oxygens (including phenoxy) is 1. The number of hydrogen-bond acceptors (Lipinski definition) is 5. The quantitative estimate of drug-likeness (QED) is 0.633. The Kier molecular flexibility index (Phi) is 4.64. The summed E-state index contributed by atoms with van der Waals surface area (Å²) in [6.45, 7) is 0.242. The van der Waals surface area contributed by atoms with Crippen molar-refractivity contribution in [1.29, 1.82) is 0 Å². The van der Waals surface area contributed by atoms with Crippen LogP contribution in [0.15, 0.2) is 40.9 Å². The molecule has 7 heteroatoms. The van der Waals surface area contributed by atoms with E-state index in [0.717, 1.165) is 0 Å². The molecule has 0 aliphatic carbocycles. The zero-order valence-corrected chi connectivity index (χ0v) is 12.8. The summed E-state index contributed by atoms with van der Waals surface area (Å²) in [4.78, 5) is 10.6. The topological polar surface area (TPSA) is 84.6 Å². The Morgan fingerprint density at radius 2 is 2.14 bits per heavy atom. The van der Waals surface area contributed by atoms with Crippen LogP contribution in [0.1, 0.15) is 5.56 Å². The molecule has 6 nitrogen and oxygen atoms in total. The fraction of sp³-hybridized carbons (Fsp3) is 0.143. The highest BCUT2D eigenvalue weighted by Gasteiger charge is 2.15. The van der Waals surface area contributed by atoms with E-state index in [1.807, 2.05) is 0 Å². The van der Waals surface area contributed by atoms with Crippen LogP contribution in [0.5, 0.6) is 11.5 Å². The lowest BCUT2D eigenvalue weighted by Crippen LogP contribution is -2.03. The number of phenols is 1. The molecule has 0 saturated heterocycles. The van der Waals surface area contributed by atoms with Crippen molar-refractivity contribution < 1.29 is 14.8 Å². The van der Waals surface area contributed by atoms with Crippen molar-refractivity contribution in [3.63, 3.8) is 0 Å². The van der Waals surface area contributed by atoms with Crippen molar-refractivity contribution in [2.24, 2.45) is 0 Å². The first-order chi connectivity index (χ1) is 10.0. The molecule has 2 aromatic rings. The molecule has 0 radical (unpaired) electrons. The highest BCUT2D eigenvalue weighted by Crippen LogP contribution is 2.32. The minimum atomic E-state index is -0.460. The maximum Gasteiger partial charge on any atom is 0.293 e. The predicted octanol–water partition coefficient (Wildman–Crippen LogP) is 3.68. The largest absolute Gasteiger partial charge is 0.504 e. The van der Waals surface area contributed by atoms with Gasteiger partial charge in [-0.15, -0.1) is 0 Å². The lowest BCUT2D eigenvalue weighted by Gasteiger charge is -2.11. The number of hydrogen-bond donors (Lipinski definition) is 2. The number of nitro benzene ring substituents is 1. The van der Waals surface area contributed by atoms with Gasteiger partial charge in [0.1, 0.15) is 5.69 Å². The fourth-order valence-electron chi connectivity index (χ4n) is 1.87. The van der Waals surface area contributed by atoms with Gasteiger partial charge in [0, 0.05) is 22.6 Å². The van der Waals surface area contributed by atoms with Gasteiger partial charge < -0.3 is 15.2 Å². The Hall–Kier alpha value is -2.28. The van der Waals surface area contributed by atoms with Gasteiger partial charge in [-0.1, -0.05) is 28.1 Å². The molecule has 0 unspecified atom stereocenters. The maximum atomic E-state index is 11.0. The number of methoxy groups -OCH3 is 1. The van der Waals surface area contributed by atoms with Gasteiger partial charge in [-0.2, -0.15) is 0 Å². The number of nitro groups is 1. The first-order valence-corrected chi connectivity index (χ1v) is 6.85. The SMILES string of the molecule is COc1cccc(CNc2ccc(Br)cc2[N+](=O)[O-])c1O. The van der Waals surface area contributed by atoms with Crippen LogP contribution in [-0.2, 0) is 6.54 Å². The van der Waals surface area contributed by atoms with Gasteiger partial charge in [-0.05, 0) is 18.2 Å². The van der Waals surface area contributed by atoms with Crippen molar-refractivity contribution >= 4 is 27.3 Å². The van der Waals surface area contributed by atoms with Crippen molar-refractivity contribution in [3.8, 4) is 11.5 Å². The molecule has 2 N–H and O–H groups in total. The van der Waals surface area contributed by atoms with Crippen LogP contribution in [0, 0.1) is 10.1 Å². The van der Waals surface area contributed by atoms with Crippen molar-refractivity contribution in [3.05, 3.63) is 56.5 Å². The average Bonchev–Trinajstić information content (AvgIpc) is 2.47. The minimum Gasteiger partial charge on any atom is -0.504 e. The number of benzene rings is 2. The Balaban J connectivity index is 2.23. The predicted molar refractivity (Wildman–Crippen MR) is 82.8 cm³/mol. The summed E-state index contributed by atoms with van der Waals surface area (Å²) >= 11 is 3.20. The Morgan fingerprint density at radius 3 is 2.81 bits per heavy atom. The number of para-hydroxylation sites is 1. The Labute approximate surface area is 129 Å². The van der Waals surface area contributed by atoms with Gasteiger partial charge in [-0.3, -0.25) is 10.1 Å². The van der Waals surface area contributed by atoms with E-state index < -0.39 is 4.92 Å². The summed E-state index contributed by atoms with van der Waals surface area (Å²) in [7, 11) is 1.46. The molecule has 21 heavy (non-hydrogen) atoms. The number of nitrogens with zero attached hydrogens (tertiary/aromatic N) is 1. The van der Waals surface area contributed by atoms with Crippen molar-refractivity contribution in [1.82, 2.24) is 0 Å². The van der Waals surface area contributed by atoms with Crippen molar-refractivity contribution in [2.45, 2.75) is 6.54 Å². The fourth-order valence-corrected chi connectivity index (χ4v) is 2.22. The second kappa shape index (κ2) is 6.45. The standard InChI is InChI=1S/C14H13BrN2O4/c1-21-13-4-2-3-9(14(13)18)8-16-11-6-5-10(15)7-12(11)17(19)20/h2-7,16,18H,8H2,1H3. The van der Waals surface area contributed by atoms with E-state index in [1.165, 1.54) is 13.2 Å². The molecular weight excluding hydrogens is 340 g/mol. The van der Waals surface area contributed by atoms with E-state index in [1.54, 1.807) is 30.3 Å². The van der Waals surface area contributed by atoms with Crippen LogP contribution in [0.4, 0.5) is 11.4 Å². The molecule has 0 atom stereocenters. The smallest absolute Gasteiger partial charge is 0.293 e. The molecule has 0 aromatic heterocycles. The molecule has 110 valence electrons. The monoisotopic (exact) mass is 352 g/mol. The van der Waals surface area contributed by atoms with Crippen LogP contribution < -0.4 is 10.1 Å². The minimum absolute atomic E-state index is 0.0206. The number of phenolic OH excluding ortho intramolecular Hbond substituents is 1. The summed E-state index contributed by atoms with van der Waals surface area (Å²) in [6.07, 6.45) is 0. The van der Waals surface area contributed by atoms with Gasteiger partial charge in [0.25, 0.3) is 5.69 Å². The zero-order valence-electron chi connectivity index (χ0n) is 11.2. The van der Waals surface area contributed by atoms with Crippen LogP contribution in [0.2, 0.25) is 0 Å². The van der Waals surface area contributed by atoms with E-state index in [0.29, 0.717) is 21.5 Å². The summed E-state index contributed by atoms with van der Waals surface area (Å²) < 4.78 is 5.65. The lowest BCUT2D eigenvalue weighted by molar-refractivity contribution is -0.384. The first kappa shape index (κ1) is 15.1. The first-order valence-electron chi connectivity index (χ1n) is 6.05. The van der Waals surface area contributed by atoms with Gasteiger partial charge in [0.15, 0.2) is 11.5 Å². The Bertz CT molecular complexity index is 676. The summed E-state index contributed by atoms with van der Waals surface area (Å²) in [5.41, 5.74) is 0.934. The molecule has 0 saturated carbocycles. The molecule has 0 aliphatic heterocycles. The number of rotatable bonds is 5. The molecule has 0 fully saturated rings. The van der Waals surface area contributed by atoms with E-state index in [4.69, 9.17) is 4.74 Å². The lowest BCUT2D eigenvalue weighted by atomic mass is 10.1. The summed E-state index contributed by atoms with van der Waals surface area (Å²) in [6, 6.07) is 9.84. The molecule has 0 aliphatic rings. The second-order valence-electron chi connectivity index (χ2n) is 4.24. The van der Waals surface area contributed by atoms with Crippen molar-refractivity contribution in [2.75, 3.05) is 12.4 Å². The van der Waals surface area contributed by atoms with Crippen LogP contribution >= 0.6 is 15.9 Å². The van der Waals surface area contributed by atoms with Gasteiger partial charge in [0.2, 0.25) is 0 Å². The summed E-state index contributed by atoms with van der Waals surface area (Å²) in [5, 5.41) is 24.0. The molecule has 0 heterocycles. The normalized spacial score (nSPS) is 10.2. The van der Waals surface area contributed by atoms with Gasteiger partial charge in [0.05, 0.1) is 12.0 Å². The molecular formula is C14H13BrN2O4. The highest BCUT2D eigenvalue weighted by molar-refractivity contribution is 9.10.